The largest absolute Gasteiger partial charge is 0.456 e. The number of esters is 1. The van der Waals surface area contributed by atoms with Crippen LogP contribution < -0.4 is 0 Å². The van der Waals surface area contributed by atoms with Crippen LogP contribution in [0, 0.1) is 44.8 Å². The zero-order valence-corrected chi connectivity index (χ0v) is 41.0. The fourth-order valence-corrected chi connectivity index (χ4v) is 15.2. The summed E-state index contributed by atoms with van der Waals surface area (Å²) < 4.78 is 48.3. The van der Waals surface area contributed by atoms with Crippen molar-refractivity contribution in [2.24, 2.45) is 44.8 Å². The third-order valence-electron chi connectivity index (χ3n) is 19.2. The minimum Gasteiger partial charge on any atom is -0.456 e. The summed E-state index contributed by atoms with van der Waals surface area (Å²) in [6, 6.07) is 0. The fourth-order valence-electron chi connectivity index (χ4n) is 15.2. The summed E-state index contributed by atoms with van der Waals surface area (Å²) in [5.74, 6) is -0.794. The standard InChI is InChI=1S/C49H80O19/c1-22-32(55)39(67-41-35(58)33(56)26(53)20-62-41)37(60)43(63-22)66-38-28(19-50)64-42(36(59)34(38)57)65-31-11-12-45(5)29(46(31,6)21-51)10-13-47(7)40(45)27(61-9)16-24-25-17-44(3,4)14-15-49(25,68-23(2)52)30(54)18-48(24,47)8/h16,22,25-43,50-51,53-60H,10-15,17-21H2,1-9H3/t22-,25-,26+,27+,28+,29+,30-,31-,32-,33-,34+,35+,36+,37+,38+,39+,40+,41-,42-,43-,45-,46-,47+,48+,49+/m0/s1. The minimum atomic E-state index is -1.79. The van der Waals surface area contributed by atoms with Gasteiger partial charge in [0.2, 0.25) is 0 Å². The number of aliphatic hydroxyl groups excluding tert-OH is 10. The summed E-state index contributed by atoms with van der Waals surface area (Å²) in [5.41, 5.74) is -2.07. The molecule has 3 heterocycles. The summed E-state index contributed by atoms with van der Waals surface area (Å²) in [6.07, 6.45) is -16.2. The second-order valence-corrected chi connectivity index (χ2v) is 23.5. The van der Waals surface area contributed by atoms with Crippen LogP contribution in [0.25, 0.3) is 0 Å². The molecule has 0 unspecified atom stereocenters. The highest BCUT2D eigenvalue weighted by atomic mass is 16.8. The number of hydrogen-bond donors (Lipinski definition) is 10. The van der Waals surface area contributed by atoms with Gasteiger partial charge in [0.05, 0.1) is 44.2 Å². The normalized spacial score (nSPS) is 54.6. The Kier molecular flexibility index (Phi) is 14.6. The van der Waals surface area contributed by atoms with Crippen molar-refractivity contribution in [3.63, 3.8) is 0 Å². The number of rotatable bonds is 10. The van der Waals surface area contributed by atoms with Crippen molar-refractivity contribution in [1.29, 1.82) is 0 Å². The molecule has 3 aliphatic heterocycles. The van der Waals surface area contributed by atoms with Crippen molar-refractivity contribution < 1.29 is 93.8 Å². The van der Waals surface area contributed by atoms with Crippen molar-refractivity contribution in [1.82, 2.24) is 0 Å². The van der Waals surface area contributed by atoms with E-state index in [-0.39, 0.29) is 41.3 Å². The molecule has 0 radical (unpaired) electrons. The smallest absolute Gasteiger partial charge is 0.303 e. The molecule has 0 aromatic carbocycles. The summed E-state index contributed by atoms with van der Waals surface area (Å²) in [5, 5.41) is 110. The second kappa shape index (κ2) is 18.8. The Hall–Kier alpha value is -1.47. The lowest BCUT2D eigenvalue weighted by molar-refractivity contribution is -0.379. The van der Waals surface area contributed by atoms with Gasteiger partial charge in [0.25, 0.3) is 0 Å². The molecule has 19 nitrogen and oxygen atoms in total. The third-order valence-corrected chi connectivity index (χ3v) is 19.2. The Morgan fingerprint density at radius 2 is 1.41 bits per heavy atom. The molecule has 390 valence electrons. The molecule has 8 aliphatic rings. The van der Waals surface area contributed by atoms with Crippen LogP contribution in [0.3, 0.4) is 0 Å². The SMILES string of the molecule is CO[C@@H]1C=C2[C@@H]3CC(C)(C)CC[C@]3(OC(C)=O)[C@@H](O)C[C@@]2(C)[C@]2(C)CC[C@H]3[C@](C)(CO)[C@@H](O[C@@H]4O[C@H](CO)[C@@H](O[C@@H]5O[C@@H](C)[C@H](O)[C@@H](O[C@@H]6OC[C@@H](O)[C@H](O)[C@H]6O)[C@H]5O)[C@H](O)[C@H]4O)CC[C@]3(C)[C@@H]12. The lowest BCUT2D eigenvalue weighted by Crippen LogP contribution is -2.71. The molecule has 0 aromatic rings. The molecule has 19 heteroatoms. The molecular weight excluding hydrogens is 893 g/mol. The quantitative estimate of drug-likeness (QED) is 0.0793. The molecule has 68 heavy (non-hydrogen) atoms. The summed E-state index contributed by atoms with van der Waals surface area (Å²) in [4.78, 5) is 12.7. The van der Waals surface area contributed by atoms with E-state index >= 15 is 0 Å². The first kappa shape index (κ1) is 52.8. The van der Waals surface area contributed by atoms with Gasteiger partial charge in [-0.2, -0.15) is 0 Å². The van der Waals surface area contributed by atoms with Crippen LogP contribution in [0.5, 0.6) is 0 Å². The molecule has 3 saturated heterocycles. The van der Waals surface area contributed by atoms with Gasteiger partial charge in [-0.15, -0.1) is 0 Å². The Bertz CT molecular complexity index is 1850. The van der Waals surface area contributed by atoms with E-state index in [4.69, 9.17) is 37.9 Å². The second-order valence-electron chi connectivity index (χ2n) is 23.5. The number of carbonyl (C=O) groups excluding carboxylic acids is 1. The Balaban J connectivity index is 1.01. The van der Waals surface area contributed by atoms with Crippen LogP contribution in [0.15, 0.2) is 11.6 Å². The lowest BCUT2D eigenvalue weighted by Gasteiger charge is -2.72. The molecule has 0 aromatic heterocycles. The highest BCUT2D eigenvalue weighted by Crippen LogP contribution is 2.75. The molecule has 25 atom stereocenters. The first-order chi connectivity index (χ1) is 31.8. The maximum absolute atomic E-state index is 12.7. The number of ether oxygens (including phenoxy) is 8. The number of hydrogen-bond acceptors (Lipinski definition) is 19. The molecular formula is C49H80O19. The molecule has 10 N–H and O–H groups in total. The average molecular weight is 973 g/mol. The van der Waals surface area contributed by atoms with E-state index in [1.165, 1.54) is 19.4 Å². The van der Waals surface area contributed by atoms with Crippen LogP contribution in [-0.4, -0.2) is 194 Å². The van der Waals surface area contributed by atoms with Crippen LogP contribution >= 0.6 is 0 Å². The highest BCUT2D eigenvalue weighted by Gasteiger charge is 2.73. The van der Waals surface area contributed by atoms with Gasteiger partial charge < -0.3 is 89.0 Å². The van der Waals surface area contributed by atoms with Gasteiger partial charge in [0, 0.05) is 31.3 Å². The van der Waals surface area contributed by atoms with E-state index in [9.17, 15) is 55.9 Å². The Labute approximate surface area is 399 Å². The van der Waals surface area contributed by atoms with Crippen LogP contribution in [-0.2, 0) is 42.7 Å². The van der Waals surface area contributed by atoms with E-state index in [0.29, 0.717) is 32.1 Å². The van der Waals surface area contributed by atoms with Gasteiger partial charge in [-0.05, 0) is 85.9 Å². The third kappa shape index (κ3) is 8.26. The summed E-state index contributed by atoms with van der Waals surface area (Å²) >= 11 is 0. The molecule has 0 spiro atoms. The Morgan fingerprint density at radius 3 is 2.06 bits per heavy atom. The summed E-state index contributed by atoms with van der Waals surface area (Å²) in [7, 11) is 1.73. The maximum Gasteiger partial charge on any atom is 0.303 e. The first-order valence-electron chi connectivity index (χ1n) is 24.8. The topological polar surface area (TPSA) is 293 Å². The number of fused-ring (bicyclic) bond motifs is 7. The number of carbonyl (C=O) groups is 1. The monoisotopic (exact) mass is 973 g/mol. The molecule has 4 saturated carbocycles. The first-order valence-corrected chi connectivity index (χ1v) is 24.8. The van der Waals surface area contributed by atoms with Crippen molar-refractivity contribution in [2.45, 2.75) is 217 Å². The number of aliphatic hydroxyl groups is 10. The van der Waals surface area contributed by atoms with Gasteiger partial charge in [0.1, 0.15) is 66.6 Å². The van der Waals surface area contributed by atoms with Crippen molar-refractivity contribution >= 4 is 5.97 Å². The van der Waals surface area contributed by atoms with Gasteiger partial charge in [-0.1, -0.05) is 53.2 Å². The zero-order valence-electron chi connectivity index (χ0n) is 41.0. The Morgan fingerprint density at radius 1 is 0.750 bits per heavy atom. The highest BCUT2D eigenvalue weighted by molar-refractivity contribution is 5.67. The van der Waals surface area contributed by atoms with Crippen molar-refractivity contribution in [3.8, 4) is 0 Å². The van der Waals surface area contributed by atoms with E-state index < -0.39 is 139 Å². The summed E-state index contributed by atoms with van der Waals surface area (Å²) in [6.45, 7) is 14.8. The van der Waals surface area contributed by atoms with E-state index in [2.05, 4.69) is 40.7 Å². The van der Waals surface area contributed by atoms with E-state index in [1.54, 1.807) is 7.11 Å². The van der Waals surface area contributed by atoms with Crippen LogP contribution in [0.2, 0.25) is 0 Å². The van der Waals surface area contributed by atoms with Gasteiger partial charge in [-0.25, -0.2) is 0 Å². The van der Waals surface area contributed by atoms with E-state index in [0.717, 1.165) is 19.3 Å². The predicted octanol–water partition coefficient (Wildman–Crippen LogP) is 0.172. The molecule has 7 fully saturated rings. The average Bonchev–Trinajstić information content (AvgIpc) is 3.28. The van der Waals surface area contributed by atoms with Crippen molar-refractivity contribution in [3.05, 3.63) is 11.6 Å². The minimum absolute atomic E-state index is 0.0421. The number of methoxy groups -OCH3 is 1. The van der Waals surface area contributed by atoms with Crippen molar-refractivity contribution in [2.75, 3.05) is 26.9 Å². The van der Waals surface area contributed by atoms with Gasteiger partial charge in [0.15, 0.2) is 18.9 Å². The van der Waals surface area contributed by atoms with Crippen LogP contribution in [0.1, 0.15) is 107 Å². The molecule has 0 bridgehead atoms. The molecule has 5 aliphatic carbocycles. The fraction of sp³-hybridized carbons (Fsp3) is 0.939. The van der Waals surface area contributed by atoms with Gasteiger partial charge >= 0.3 is 5.97 Å². The van der Waals surface area contributed by atoms with Crippen LogP contribution in [0.4, 0.5) is 0 Å². The van der Waals surface area contributed by atoms with E-state index in [1.807, 2.05) is 6.92 Å². The lowest BCUT2D eigenvalue weighted by atomic mass is 9.33. The van der Waals surface area contributed by atoms with Gasteiger partial charge in [-0.3, -0.25) is 4.79 Å². The zero-order chi connectivity index (χ0) is 49.8. The molecule has 0 amide bonds. The predicted molar refractivity (Wildman–Crippen MR) is 237 cm³/mol. The maximum atomic E-state index is 12.7. The molecule has 8 rings (SSSR count).